The number of carbonyl (C=O) groups is 1. The van der Waals surface area contributed by atoms with Crippen LogP contribution in [0.1, 0.15) is 13.8 Å². The fourth-order valence-electron chi connectivity index (χ4n) is 0.849. The second-order valence-corrected chi connectivity index (χ2v) is 4.53. The van der Waals surface area contributed by atoms with E-state index in [4.69, 9.17) is 4.74 Å². The average molecular weight is 249 g/mol. The third-order valence-corrected chi connectivity index (χ3v) is 2.18. The molecule has 2 nitrogen and oxygen atoms in total. The van der Waals surface area contributed by atoms with Gasteiger partial charge in [0, 0.05) is 9.73 Å². The van der Waals surface area contributed by atoms with Crippen molar-refractivity contribution >= 4 is 34.5 Å². The van der Waals surface area contributed by atoms with Crippen LogP contribution >= 0.6 is 28.6 Å². The molecule has 1 rings (SSSR count). The second-order valence-electron chi connectivity index (χ2n) is 2.56. The van der Waals surface area contributed by atoms with Gasteiger partial charge in [0.05, 0.1) is 5.57 Å². The third kappa shape index (κ3) is 1.93. The highest BCUT2D eigenvalue weighted by atomic mass is 79.9. The van der Waals surface area contributed by atoms with Gasteiger partial charge >= 0.3 is 5.97 Å². The van der Waals surface area contributed by atoms with Gasteiger partial charge in [-0.05, 0) is 19.9 Å². The maximum atomic E-state index is 11.1. The average Bonchev–Trinajstić information content (AvgIpc) is 2.30. The van der Waals surface area contributed by atoms with Gasteiger partial charge in [0.1, 0.15) is 5.76 Å². The normalized spacial score (nSPS) is 23.3. The van der Waals surface area contributed by atoms with Crippen LogP contribution in [-0.4, -0.2) is 11.2 Å². The van der Waals surface area contributed by atoms with Crippen LogP contribution in [0.4, 0.5) is 0 Å². The predicted octanol–water partition coefficient (Wildman–Crippen LogP) is 2.41. The van der Waals surface area contributed by atoms with Gasteiger partial charge in [-0.25, -0.2) is 4.79 Å². The summed E-state index contributed by atoms with van der Waals surface area (Å²) in [4.78, 5) is 11.1. The predicted molar refractivity (Wildman–Crippen MR) is 54.3 cm³/mol. The van der Waals surface area contributed by atoms with Crippen molar-refractivity contribution in [3.8, 4) is 0 Å². The molecule has 1 unspecified atom stereocenters. The van der Waals surface area contributed by atoms with Gasteiger partial charge < -0.3 is 4.74 Å². The number of hydrogen-bond acceptors (Lipinski definition) is 3. The summed E-state index contributed by atoms with van der Waals surface area (Å²) in [5, 5.41) is -0.0816. The molecule has 0 aliphatic carbocycles. The maximum Gasteiger partial charge on any atom is 0.340 e. The second kappa shape index (κ2) is 3.66. The van der Waals surface area contributed by atoms with Crippen molar-refractivity contribution in [1.82, 2.24) is 0 Å². The lowest BCUT2D eigenvalue weighted by Crippen LogP contribution is -2.06. The fraction of sp³-hybridized carbons (Fsp3) is 0.375. The molecule has 1 aliphatic rings. The van der Waals surface area contributed by atoms with Crippen LogP contribution in [0, 0.1) is 0 Å². The van der Waals surface area contributed by atoms with E-state index in [-0.39, 0.29) is 11.2 Å². The topological polar surface area (TPSA) is 26.3 Å². The molecule has 12 heavy (non-hydrogen) atoms. The molecule has 0 N–H and O–H groups in total. The van der Waals surface area contributed by atoms with Crippen molar-refractivity contribution in [2.24, 2.45) is 0 Å². The van der Waals surface area contributed by atoms with Crippen molar-refractivity contribution in [2.75, 3.05) is 0 Å². The Morgan fingerprint density at radius 2 is 2.33 bits per heavy atom. The smallest absolute Gasteiger partial charge is 0.340 e. The van der Waals surface area contributed by atoms with Gasteiger partial charge in [-0.3, -0.25) is 0 Å². The highest BCUT2D eigenvalue weighted by molar-refractivity contribution is 9.11. The van der Waals surface area contributed by atoms with Crippen molar-refractivity contribution < 1.29 is 9.53 Å². The molecular weight excluding hydrogens is 240 g/mol. The summed E-state index contributed by atoms with van der Waals surface area (Å²) in [6.07, 6.45) is 1.71. The van der Waals surface area contributed by atoms with Gasteiger partial charge in [0.2, 0.25) is 0 Å². The molecule has 1 aliphatic heterocycles. The molecule has 4 heteroatoms. The number of carbonyl (C=O) groups excluding carboxylic acids is 1. The molecule has 1 heterocycles. The number of hydrogen-bond donors (Lipinski definition) is 1. The van der Waals surface area contributed by atoms with E-state index in [0.717, 1.165) is 4.48 Å². The Morgan fingerprint density at radius 1 is 1.75 bits per heavy atom. The van der Waals surface area contributed by atoms with Gasteiger partial charge in [-0.2, -0.15) is 12.6 Å². The Morgan fingerprint density at radius 3 is 2.58 bits per heavy atom. The van der Waals surface area contributed by atoms with Gasteiger partial charge in [0.15, 0.2) is 0 Å². The largest absolute Gasteiger partial charge is 0.422 e. The highest BCUT2D eigenvalue weighted by Gasteiger charge is 2.24. The lowest BCUT2D eigenvalue weighted by Gasteiger charge is -1.99. The summed E-state index contributed by atoms with van der Waals surface area (Å²) < 4.78 is 5.77. The standard InChI is InChI=1S/C8H9BrO2S/c1-4(9)7-3-6(5(2)12)8(10)11-7/h3,5,12H,1-2H3/b7-4+. The first kappa shape index (κ1) is 9.86. The number of ether oxygens (including phenoxy) is 1. The molecule has 0 aromatic carbocycles. The van der Waals surface area contributed by atoms with Gasteiger partial charge in [-0.1, -0.05) is 15.9 Å². The minimum atomic E-state index is -0.300. The van der Waals surface area contributed by atoms with E-state index >= 15 is 0 Å². The van der Waals surface area contributed by atoms with Crippen LogP contribution in [0.2, 0.25) is 0 Å². The molecule has 66 valence electrons. The van der Waals surface area contributed by atoms with E-state index in [1.54, 1.807) is 6.08 Å². The zero-order valence-corrected chi connectivity index (χ0v) is 9.28. The summed E-state index contributed by atoms with van der Waals surface area (Å²) in [5.41, 5.74) is 0.604. The van der Waals surface area contributed by atoms with Crippen molar-refractivity contribution in [3.05, 3.63) is 21.9 Å². The van der Waals surface area contributed by atoms with Crippen molar-refractivity contribution in [2.45, 2.75) is 19.1 Å². The first-order chi connectivity index (χ1) is 5.52. The number of thiol groups is 1. The van der Waals surface area contributed by atoms with Crippen molar-refractivity contribution in [3.63, 3.8) is 0 Å². The molecule has 0 fully saturated rings. The van der Waals surface area contributed by atoms with Crippen LogP contribution in [-0.2, 0) is 9.53 Å². The lowest BCUT2D eigenvalue weighted by molar-refractivity contribution is -0.133. The Bertz CT molecular complexity index is 275. The number of esters is 1. The van der Waals surface area contributed by atoms with E-state index in [2.05, 4.69) is 28.6 Å². The first-order valence-electron chi connectivity index (χ1n) is 3.50. The third-order valence-electron chi connectivity index (χ3n) is 1.51. The van der Waals surface area contributed by atoms with Crippen LogP contribution in [0.15, 0.2) is 21.9 Å². The van der Waals surface area contributed by atoms with Gasteiger partial charge in [0.25, 0.3) is 0 Å². The zero-order chi connectivity index (χ0) is 9.30. The first-order valence-corrected chi connectivity index (χ1v) is 4.81. The fourth-order valence-corrected chi connectivity index (χ4v) is 1.22. The minimum absolute atomic E-state index is 0.0816. The number of cyclic esters (lactones) is 1. The number of rotatable bonds is 1. The minimum Gasteiger partial charge on any atom is -0.422 e. The Labute approximate surface area is 85.2 Å². The summed E-state index contributed by atoms with van der Waals surface area (Å²) in [6, 6.07) is 0. The van der Waals surface area contributed by atoms with E-state index in [1.807, 2.05) is 13.8 Å². The van der Waals surface area contributed by atoms with E-state index in [9.17, 15) is 4.79 Å². The van der Waals surface area contributed by atoms with Crippen LogP contribution in [0.3, 0.4) is 0 Å². The summed E-state index contributed by atoms with van der Waals surface area (Å²) in [5.74, 6) is 0.280. The molecular formula is C8H9BrO2S. The summed E-state index contributed by atoms with van der Waals surface area (Å²) >= 11 is 7.39. The molecule has 0 bridgehead atoms. The SMILES string of the molecule is C/C(Br)=C1/C=C(C(C)S)C(=O)O1. The maximum absolute atomic E-state index is 11.1. The number of halogens is 1. The molecule has 1 atom stereocenters. The lowest BCUT2D eigenvalue weighted by atomic mass is 10.2. The van der Waals surface area contributed by atoms with Crippen molar-refractivity contribution in [1.29, 1.82) is 0 Å². The summed E-state index contributed by atoms with van der Waals surface area (Å²) in [7, 11) is 0. The van der Waals surface area contributed by atoms with Crippen LogP contribution in [0.5, 0.6) is 0 Å². The van der Waals surface area contributed by atoms with E-state index in [1.165, 1.54) is 0 Å². The highest BCUT2D eigenvalue weighted by Crippen LogP contribution is 2.26. The monoisotopic (exact) mass is 248 g/mol. The molecule has 0 aromatic heterocycles. The molecule has 0 aromatic rings. The summed E-state index contributed by atoms with van der Waals surface area (Å²) in [6.45, 7) is 3.66. The zero-order valence-electron chi connectivity index (χ0n) is 6.80. The Kier molecular flexibility index (Phi) is 3.01. The van der Waals surface area contributed by atoms with E-state index < -0.39 is 0 Å². The quantitative estimate of drug-likeness (QED) is 0.570. The van der Waals surface area contributed by atoms with Crippen LogP contribution < -0.4 is 0 Å². The van der Waals surface area contributed by atoms with Gasteiger partial charge in [-0.15, -0.1) is 0 Å². The molecule has 0 spiro atoms. The van der Waals surface area contributed by atoms with Crippen LogP contribution in [0.25, 0.3) is 0 Å². The Hall–Kier alpha value is -0.220. The molecule has 0 saturated carbocycles. The molecule has 0 saturated heterocycles. The number of allylic oxidation sites excluding steroid dienone is 2. The van der Waals surface area contributed by atoms with E-state index in [0.29, 0.717) is 11.3 Å². The Balaban J connectivity index is 2.97. The molecule has 0 radical (unpaired) electrons. The molecule has 0 amide bonds.